The van der Waals surface area contributed by atoms with E-state index in [0.29, 0.717) is 24.1 Å². The number of aryl methyl sites for hydroxylation is 1. The lowest BCUT2D eigenvalue weighted by atomic mass is 10.2. The molecule has 130 valence electrons. The zero-order valence-electron chi connectivity index (χ0n) is 14.2. The molecular weight excluding hydrogens is 338 g/mol. The van der Waals surface area contributed by atoms with Gasteiger partial charge in [0.05, 0.1) is 21.7 Å². The van der Waals surface area contributed by atoms with Gasteiger partial charge < -0.3 is 4.90 Å². The number of benzene rings is 1. The maximum Gasteiger partial charge on any atom is 0.312 e. The van der Waals surface area contributed by atoms with Crippen LogP contribution in [-0.4, -0.2) is 26.2 Å². The van der Waals surface area contributed by atoms with Crippen LogP contribution < -0.4 is 4.90 Å². The van der Waals surface area contributed by atoms with E-state index in [1.165, 1.54) is 9.60 Å². The van der Waals surface area contributed by atoms with Crippen molar-refractivity contribution in [3.63, 3.8) is 0 Å². The molecule has 1 aromatic carbocycles. The van der Waals surface area contributed by atoms with Crippen LogP contribution >= 0.6 is 11.3 Å². The summed E-state index contributed by atoms with van der Waals surface area (Å²) < 4.78 is 3.00. The topological polar surface area (TPSA) is 78.3 Å². The second-order valence-corrected chi connectivity index (χ2v) is 7.62. The van der Waals surface area contributed by atoms with E-state index in [2.05, 4.69) is 11.2 Å². The highest BCUT2D eigenvalue weighted by Gasteiger charge is 2.34. The number of likely N-dealkylation sites (tertiary alicyclic amines) is 1. The molecular formula is C17H20N5O2S+. The van der Waals surface area contributed by atoms with Gasteiger partial charge in [-0.2, -0.15) is 5.10 Å². The molecule has 1 saturated heterocycles. The van der Waals surface area contributed by atoms with Crippen LogP contribution in [0.2, 0.25) is 0 Å². The van der Waals surface area contributed by atoms with Crippen molar-refractivity contribution < 1.29 is 9.82 Å². The third kappa shape index (κ3) is 2.81. The van der Waals surface area contributed by atoms with Gasteiger partial charge in [-0.15, -0.1) is 11.3 Å². The number of thiazole rings is 1. The van der Waals surface area contributed by atoms with Gasteiger partial charge in [-0.05, 0) is 26.0 Å². The van der Waals surface area contributed by atoms with Crippen molar-refractivity contribution in [2.75, 3.05) is 6.54 Å². The quantitative estimate of drug-likeness (QED) is 0.574. The molecule has 1 aliphatic rings. The van der Waals surface area contributed by atoms with Gasteiger partial charge in [0, 0.05) is 12.8 Å². The third-order valence-electron chi connectivity index (χ3n) is 4.97. The summed E-state index contributed by atoms with van der Waals surface area (Å²) in [6.07, 6.45) is 2.23. The van der Waals surface area contributed by atoms with Gasteiger partial charge in [0.1, 0.15) is 17.4 Å². The van der Waals surface area contributed by atoms with Crippen molar-refractivity contribution in [1.82, 2.24) is 14.8 Å². The van der Waals surface area contributed by atoms with Crippen molar-refractivity contribution in [3.8, 4) is 0 Å². The fraction of sp³-hybridized carbons (Fsp3) is 0.412. The van der Waals surface area contributed by atoms with E-state index in [0.717, 1.165) is 29.9 Å². The molecule has 8 heteroatoms. The van der Waals surface area contributed by atoms with Gasteiger partial charge in [-0.3, -0.25) is 10.1 Å². The number of nitrogens with one attached hydrogen (secondary N) is 1. The molecule has 0 spiro atoms. The summed E-state index contributed by atoms with van der Waals surface area (Å²) in [6.45, 7) is 5.15. The Bertz CT molecular complexity index is 915. The minimum atomic E-state index is -0.335. The highest BCUT2D eigenvalue weighted by molar-refractivity contribution is 7.18. The van der Waals surface area contributed by atoms with Crippen molar-refractivity contribution in [2.24, 2.45) is 0 Å². The minimum Gasteiger partial charge on any atom is -0.308 e. The summed E-state index contributed by atoms with van der Waals surface area (Å²) >= 11 is 1.76. The largest absolute Gasteiger partial charge is 0.312 e. The molecule has 4 rings (SSSR count). The molecule has 0 radical (unpaired) electrons. The first-order chi connectivity index (χ1) is 12.0. The van der Waals surface area contributed by atoms with E-state index in [1.807, 2.05) is 18.2 Å². The Kier molecular flexibility index (Phi) is 4.01. The summed E-state index contributed by atoms with van der Waals surface area (Å²) in [7, 11) is 0. The molecule has 0 saturated carbocycles. The van der Waals surface area contributed by atoms with Gasteiger partial charge >= 0.3 is 5.69 Å². The van der Waals surface area contributed by atoms with E-state index in [9.17, 15) is 10.1 Å². The second-order valence-electron chi connectivity index (χ2n) is 6.56. The predicted molar refractivity (Wildman–Crippen MR) is 95.8 cm³/mol. The molecule has 3 heterocycles. The summed E-state index contributed by atoms with van der Waals surface area (Å²) in [5.74, 6) is 0. The monoisotopic (exact) mass is 358 g/mol. The predicted octanol–water partition coefficient (Wildman–Crippen LogP) is 2.40. The van der Waals surface area contributed by atoms with Gasteiger partial charge in [-0.25, -0.2) is 9.67 Å². The van der Waals surface area contributed by atoms with E-state index in [1.54, 1.807) is 29.9 Å². The fourth-order valence-corrected chi connectivity index (χ4v) is 4.90. The maximum atomic E-state index is 11.2. The van der Waals surface area contributed by atoms with Gasteiger partial charge in [-0.1, -0.05) is 12.1 Å². The number of rotatable bonds is 4. The summed E-state index contributed by atoms with van der Waals surface area (Å²) in [4.78, 5) is 17.1. The standard InChI is InChI=1S/C17H19N5O2S/c1-11-16(22(23)24)12(2)21(19-11)10-20-9-5-7-14(20)17-18-13-6-3-4-8-15(13)25-17/h3-4,6,8,14H,5,7,9-10H2,1-2H3/p+1/t14-/m1/s1. The van der Waals surface area contributed by atoms with E-state index < -0.39 is 0 Å². The lowest BCUT2D eigenvalue weighted by Gasteiger charge is -2.20. The van der Waals surface area contributed by atoms with E-state index in [4.69, 9.17) is 4.98 Å². The zero-order valence-corrected chi connectivity index (χ0v) is 15.0. The smallest absolute Gasteiger partial charge is 0.308 e. The first-order valence-corrected chi connectivity index (χ1v) is 9.24. The van der Waals surface area contributed by atoms with Crippen molar-refractivity contribution in [1.29, 1.82) is 0 Å². The van der Waals surface area contributed by atoms with Crippen molar-refractivity contribution in [3.05, 3.63) is 50.8 Å². The average Bonchev–Trinajstić information content (AvgIpc) is 3.25. The van der Waals surface area contributed by atoms with Crippen LogP contribution in [0.1, 0.15) is 35.3 Å². The first kappa shape index (κ1) is 16.2. The number of nitro groups is 1. The number of hydrogen-bond acceptors (Lipinski definition) is 5. The summed E-state index contributed by atoms with van der Waals surface area (Å²) in [5.41, 5.74) is 2.30. The Morgan fingerprint density at radius 2 is 2.20 bits per heavy atom. The average molecular weight is 358 g/mol. The molecule has 0 bridgehead atoms. The van der Waals surface area contributed by atoms with Crippen molar-refractivity contribution >= 4 is 27.2 Å². The number of aromatic nitrogens is 3. The number of para-hydroxylation sites is 1. The zero-order chi connectivity index (χ0) is 17.6. The van der Waals surface area contributed by atoms with Gasteiger partial charge in [0.25, 0.3) is 0 Å². The van der Waals surface area contributed by atoms with Gasteiger partial charge in [0.15, 0.2) is 11.7 Å². The van der Waals surface area contributed by atoms with Crippen LogP contribution in [0.5, 0.6) is 0 Å². The molecule has 0 aliphatic carbocycles. The molecule has 1 fully saturated rings. The van der Waals surface area contributed by atoms with Crippen LogP contribution in [0.15, 0.2) is 24.3 Å². The minimum absolute atomic E-state index is 0.134. The number of fused-ring (bicyclic) bond motifs is 1. The van der Waals surface area contributed by atoms with Crippen molar-refractivity contribution in [2.45, 2.75) is 39.4 Å². The highest BCUT2D eigenvalue weighted by atomic mass is 32.1. The number of hydrogen-bond donors (Lipinski definition) is 1. The van der Waals surface area contributed by atoms with Gasteiger partial charge in [0.2, 0.25) is 0 Å². The molecule has 1 aliphatic heterocycles. The van der Waals surface area contributed by atoms with E-state index in [-0.39, 0.29) is 10.6 Å². The van der Waals surface area contributed by atoms with Crippen LogP contribution in [0.25, 0.3) is 10.2 Å². The molecule has 2 atom stereocenters. The highest BCUT2D eigenvalue weighted by Crippen LogP contribution is 2.29. The number of quaternary nitrogens is 1. The SMILES string of the molecule is Cc1nn(C[NH+]2CCC[C@@H]2c2nc3ccccc3s2)c(C)c1[N+](=O)[O-]. The van der Waals surface area contributed by atoms with Crippen LogP contribution in [0.4, 0.5) is 5.69 Å². The Labute approximate surface area is 149 Å². The molecule has 1 N–H and O–H groups in total. The Hall–Kier alpha value is -2.32. The molecule has 2 aromatic heterocycles. The number of nitrogens with zero attached hydrogens (tertiary/aromatic N) is 4. The fourth-order valence-electron chi connectivity index (χ4n) is 3.74. The Morgan fingerprint density at radius 3 is 2.92 bits per heavy atom. The Balaban J connectivity index is 1.62. The lowest BCUT2D eigenvalue weighted by Crippen LogP contribution is -3.09. The molecule has 25 heavy (non-hydrogen) atoms. The lowest BCUT2D eigenvalue weighted by molar-refractivity contribution is -0.941. The van der Waals surface area contributed by atoms with E-state index >= 15 is 0 Å². The second kappa shape index (κ2) is 6.20. The summed E-state index contributed by atoms with van der Waals surface area (Å²) in [5, 5.41) is 16.8. The Morgan fingerprint density at radius 1 is 1.40 bits per heavy atom. The summed E-state index contributed by atoms with van der Waals surface area (Å²) in [6, 6.07) is 8.54. The first-order valence-electron chi connectivity index (χ1n) is 8.43. The molecule has 0 amide bonds. The molecule has 1 unspecified atom stereocenters. The van der Waals surface area contributed by atoms with Crippen LogP contribution in [-0.2, 0) is 6.67 Å². The molecule has 7 nitrogen and oxygen atoms in total. The van der Waals surface area contributed by atoms with Crippen LogP contribution in [0, 0.1) is 24.0 Å². The van der Waals surface area contributed by atoms with Crippen LogP contribution in [0.3, 0.4) is 0 Å². The molecule has 3 aromatic rings. The normalized spacial score (nSPS) is 20.4. The maximum absolute atomic E-state index is 11.2. The third-order valence-corrected chi connectivity index (χ3v) is 6.12.